The number of aromatic nitrogens is 3. The van der Waals surface area contributed by atoms with Gasteiger partial charge >= 0.3 is 0 Å². The van der Waals surface area contributed by atoms with E-state index in [9.17, 15) is 4.79 Å². The van der Waals surface area contributed by atoms with Gasteiger partial charge in [0.15, 0.2) is 6.29 Å². The molecule has 0 aliphatic heterocycles. The number of carbonyl (C=O) groups excluding carboxylic acids is 1. The van der Waals surface area contributed by atoms with Crippen LogP contribution in [0.4, 0.5) is 0 Å². The topological polar surface area (TPSA) is 102 Å². The molecule has 0 aliphatic rings. The quantitative estimate of drug-likeness (QED) is 0.631. The number of nitrogens with zero attached hydrogens (tertiary/aromatic N) is 4. The maximum absolute atomic E-state index is 11.5. The Morgan fingerprint density at radius 2 is 2.35 bits per heavy atom. The highest BCUT2D eigenvalue weighted by Gasteiger charge is 2.09. The molecule has 92 valence electrons. The van der Waals surface area contributed by atoms with Crippen molar-refractivity contribution >= 4 is 5.91 Å². The van der Waals surface area contributed by atoms with E-state index in [1.165, 1.54) is 25.2 Å². The first-order chi connectivity index (χ1) is 8.19. The van der Waals surface area contributed by atoms with Crippen LogP contribution in [0.1, 0.15) is 5.82 Å². The standard InChI is InChI=1S/C9H13N5O3/c1-16-9(17-2)4-11-8(15)5-14-6-12-7(3-10)13-14/h6,9H,4-5H2,1-2H3,(H,11,15). The van der Waals surface area contributed by atoms with Crippen molar-refractivity contribution in [1.82, 2.24) is 20.1 Å². The third-order valence-corrected chi connectivity index (χ3v) is 1.93. The maximum Gasteiger partial charge on any atom is 0.252 e. The third kappa shape index (κ3) is 4.18. The lowest BCUT2D eigenvalue weighted by Gasteiger charge is -2.13. The molecule has 8 heteroatoms. The van der Waals surface area contributed by atoms with Gasteiger partial charge in [-0.2, -0.15) is 5.26 Å². The van der Waals surface area contributed by atoms with Gasteiger partial charge in [-0.25, -0.2) is 9.67 Å². The molecule has 0 aliphatic carbocycles. The molecule has 17 heavy (non-hydrogen) atoms. The zero-order valence-corrected chi connectivity index (χ0v) is 9.58. The predicted octanol–water partition coefficient (Wildman–Crippen LogP) is -1.12. The van der Waals surface area contributed by atoms with Gasteiger partial charge in [0.05, 0.1) is 6.54 Å². The Balaban J connectivity index is 2.37. The minimum Gasteiger partial charge on any atom is -0.354 e. The first-order valence-electron chi connectivity index (χ1n) is 4.81. The number of nitriles is 1. The van der Waals surface area contributed by atoms with Crippen molar-refractivity contribution in [2.45, 2.75) is 12.8 Å². The van der Waals surface area contributed by atoms with Crippen molar-refractivity contribution in [3.8, 4) is 6.07 Å². The molecule has 0 aromatic carbocycles. The summed E-state index contributed by atoms with van der Waals surface area (Å²) in [5, 5.41) is 14.9. The summed E-state index contributed by atoms with van der Waals surface area (Å²) in [5.41, 5.74) is 0. The zero-order chi connectivity index (χ0) is 12.7. The van der Waals surface area contributed by atoms with Crippen LogP contribution >= 0.6 is 0 Å². The molecule has 0 unspecified atom stereocenters. The fraction of sp³-hybridized carbons (Fsp3) is 0.556. The summed E-state index contributed by atoms with van der Waals surface area (Å²) in [6.45, 7) is 0.237. The third-order valence-electron chi connectivity index (χ3n) is 1.93. The summed E-state index contributed by atoms with van der Waals surface area (Å²) in [4.78, 5) is 15.1. The summed E-state index contributed by atoms with van der Waals surface area (Å²) < 4.78 is 11.1. The molecule has 1 N–H and O–H groups in total. The van der Waals surface area contributed by atoms with Crippen molar-refractivity contribution in [3.63, 3.8) is 0 Å². The number of methoxy groups -OCH3 is 2. The number of carbonyl (C=O) groups is 1. The van der Waals surface area contributed by atoms with Crippen molar-refractivity contribution in [2.75, 3.05) is 20.8 Å². The van der Waals surface area contributed by atoms with Crippen LogP contribution in [0.3, 0.4) is 0 Å². The van der Waals surface area contributed by atoms with Gasteiger partial charge in [-0.3, -0.25) is 4.79 Å². The van der Waals surface area contributed by atoms with Crippen LogP contribution < -0.4 is 5.32 Å². The van der Waals surface area contributed by atoms with Gasteiger partial charge in [0.1, 0.15) is 18.9 Å². The van der Waals surface area contributed by atoms with Gasteiger partial charge in [-0.05, 0) is 0 Å². The molecular weight excluding hydrogens is 226 g/mol. The summed E-state index contributed by atoms with van der Waals surface area (Å²) >= 11 is 0. The van der Waals surface area contributed by atoms with Crippen LogP contribution in [0.15, 0.2) is 6.33 Å². The van der Waals surface area contributed by atoms with E-state index in [4.69, 9.17) is 14.7 Å². The van der Waals surface area contributed by atoms with E-state index in [0.29, 0.717) is 0 Å². The van der Waals surface area contributed by atoms with Crippen molar-refractivity contribution in [3.05, 3.63) is 12.2 Å². The van der Waals surface area contributed by atoms with Crippen molar-refractivity contribution in [1.29, 1.82) is 5.26 Å². The maximum atomic E-state index is 11.5. The van der Waals surface area contributed by atoms with E-state index >= 15 is 0 Å². The number of hydrogen-bond acceptors (Lipinski definition) is 6. The first kappa shape index (κ1) is 13.1. The molecule has 8 nitrogen and oxygen atoms in total. The Morgan fingerprint density at radius 1 is 1.65 bits per heavy atom. The Morgan fingerprint density at radius 3 is 2.88 bits per heavy atom. The number of nitrogens with one attached hydrogen (secondary N) is 1. The second-order valence-electron chi connectivity index (χ2n) is 3.08. The minimum atomic E-state index is -0.482. The van der Waals surface area contributed by atoms with Crippen LogP contribution in [-0.4, -0.2) is 47.7 Å². The van der Waals surface area contributed by atoms with Crippen LogP contribution in [0.5, 0.6) is 0 Å². The summed E-state index contributed by atoms with van der Waals surface area (Å²) in [5.74, 6) is -0.233. The lowest BCUT2D eigenvalue weighted by Crippen LogP contribution is -2.36. The molecule has 1 heterocycles. The van der Waals surface area contributed by atoms with Crippen LogP contribution in [0.2, 0.25) is 0 Å². The Hall–Kier alpha value is -1.98. The molecule has 0 spiro atoms. The molecule has 0 fully saturated rings. The normalized spacial score (nSPS) is 10.2. The van der Waals surface area contributed by atoms with E-state index in [1.807, 2.05) is 0 Å². The summed E-state index contributed by atoms with van der Waals surface area (Å²) in [6, 6.07) is 1.77. The Kier molecular flexibility index (Phi) is 5.06. The Labute approximate surface area is 98.1 Å². The highest BCUT2D eigenvalue weighted by molar-refractivity contribution is 5.75. The van der Waals surface area contributed by atoms with Crippen molar-refractivity contribution < 1.29 is 14.3 Å². The number of amides is 1. The lowest BCUT2D eigenvalue weighted by atomic mass is 10.5. The van der Waals surface area contributed by atoms with Gasteiger partial charge in [0, 0.05) is 14.2 Å². The second kappa shape index (κ2) is 6.57. The average molecular weight is 239 g/mol. The zero-order valence-electron chi connectivity index (χ0n) is 9.58. The molecule has 1 rings (SSSR count). The molecule has 0 bridgehead atoms. The van der Waals surface area contributed by atoms with Gasteiger partial charge in [0.2, 0.25) is 5.91 Å². The largest absolute Gasteiger partial charge is 0.354 e. The highest BCUT2D eigenvalue weighted by Crippen LogP contribution is 1.90. The molecule has 1 aromatic heterocycles. The smallest absolute Gasteiger partial charge is 0.252 e. The monoisotopic (exact) mass is 239 g/mol. The highest BCUT2D eigenvalue weighted by atomic mass is 16.7. The summed E-state index contributed by atoms with van der Waals surface area (Å²) in [6.07, 6.45) is 0.840. The molecule has 0 atom stereocenters. The summed E-state index contributed by atoms with van der Waals surface area (Å²) in [7, 11) is 2.97. The molecule has 1 aromatic rings. The number of hydrogen-bond donors (Lipinski definition) is 1. The van der Waals surface area contributed by atoms with Gasteiger partial charge in [-0.15, -0.1) is 5.10 Å². The molecule has 0 radical (unpaired) electrons. The minimum absolute atomic E-state index is 0.00513. The fourth-order valence-corrected chi connectivity index (χ4v) is 1.09. The number of ether oxygens (including phenoxy) is 2. The van der Waals surface area contributed by atoms with E-state index in [1.54, 1.807) is 6.07 Å². The molecule has 1 amide bonds. The van der Waals surface area contributed by atoms with Gasteiger partial charge < -0.3 is 14.8 Å². The van der Waals surface area contributed by atoms with Crippen molar-refractivity contribution in [2.24, 2.45) is 0 Å². The second-order valence-corrected chi connectivity index (χ2v) is 3.08. The molecule has 0 saturated heterocycles. The SMILES string of the molecule is COC(CNC(=O)Cn1cnc(C#N)n1)OC. The molecule has 0 saturated carbocycles. The van der Waals surface area contributed by atoms with E-state index in [2.05, 4.69) is 15.4 Å². The van der Waals surface area contributed by atoms with E-state index < -0.39 is 6.29 Å². The van der Waals surface area contributed by atoms with Crippen LogP contribution in [0.25, 0.3) is 0 Å². The van der Waals surface area contributed by atoms with E-state index in [0.717, 1.165) is 0 Å². The van der Waals surface area contributed by atoms with Crippen LogP contribution in [-0.2, 0) is 20.8 Å². The fourth-order valence-electron chi connectivity index (χ4n) is 1.09. The average Bonchev–Trinajstić information content (AvgIpc) is 2.78. The van der Waals surface area contributed by atoms with Crippen LogP contribution in [0, 0.1) is 11.3 Å². The lowest BCUT2D eigenvalue weighted by molar-refractivity contribution is -0.128. The molecular formula is C9H13N5O3. The Bertz CT molecular complexity index is 407. The first-order valence-corrected chi connectivity index (χ1v) is 4.81. The van der Waals surface area contributed by atoms with E-state index in [-0.39, 0.29) is 24.8 Å². The van der Waals surface area contributed by atoms with Gasteiger partial charge in [0.25, 0.3) is 5.82 Å². The predicted molar refractivity (Wildman–Crippen MR) is 55.6 cm³/mol. The van der Waals surface area contributed by atoms with Gasteiger partial charge in [-0.1, -0.05) is 0 Å². The number of rotatable bonds is 6.